The second-order valence-corrected chi connectivity index (χ2v) is 3.20. The van der Waals surface area contributed by atoms with Crippen LogP contribution in [0.4, 0.5) is 0 Å². The summed E-state index contributed by atoms with van der Waals surface area (Å²) in [6, 6.07) is 0. The zero-order valence-corrected chi connectivity index (χ0v) is 10.6. The Labute approximate surface area is 101 Å². The van der Waals surface area contributed by atoms with E-state index in [9.17, 15) is 4.79 Å². The van der Waals surface area contributed by atoms with Crippen molar-refractivity contribution in [1.29, 1.82) is 0 Å². The van der Waals surface area contributed by atoms with Crippen LogP contribution >= 0.6 is 12.2 Å². The normalized spacial score (nSPS) is 10.0. The molecule has 0 aromatic rings. The van der Waals surface area contributed by atoms with Gasteiger partial charge in [-0.15, -0.1) is 0 Å². The summed E-state index contributed by atoms with van der Waals surface area (Å²) >= 11 is 4.79. The van der Waals surface area contributed by atoms with E-state index in [1.807, 2.05) is 13.8 Å². The van der Waals surface area contributed by atoms with Gasteiger partial charge < -0.3 is 14.8 Å². The van der Waals surface area contributed by atoms with Gasteiger partial charge in [-0.2, -0.15) is 0 Å². The highest BCUT2D eigenvalue weighted by molar-refractivity contribution is 7.80. The van der Waals surface area contributed by atoms with Gasteiger partial charge in [0.05, 0.1) is 6.42 Å². The molecular weight excluding hydrogens is 230 g/mol. The van der Waals surface area contributed by atoms with E-state index in [1.165, 1.54) is 0 Å². The molecule has 0 aliphatic heterocycles. The van der Waals surface area contributed by atoms with Crippen molar-refractivity contribution in [2.24, 2.45) is 0 Å². The van der Waals surface area contributed by atoms with E-state index < -0.39 is 6.29 Å². The molecule has 0 spiro atoms. The van der Waals surface area contributed by atoms with Crippen molar-refractivity contribution >= 4 is 23.2 Å². The molecule has 0 aromatic carbocycles. The zero-order chi connectivity index (χ0) is 12.4. The maximum absolute atomic E-state index is 11.4. The Morgan fingerprint density at radius 3 is 2.25 bits per heavy atom. The summed E-state index contributed by atoms with van der Waals surface area (Å²) in [7, 11) is 1.66. The maximum Gasteiger partial charge on any atom is 0.243 e. The van der Waals surface area contributed by atoms with Crippen LogP contribution in [0.1, 0.15) is 20.3 Å². The summed E-state index contributed by atoms with van der Waals surface area (Å²) in [5.74, 6) is -0.246. The molecule has 0 atom stereocenters. The smallest absolute Gasteiger partial charge is 0.243 e. The standard InChI is InChI=1S/C9H19N3O3S/c1-4-14-8(15-5-2)6-7(13)11-12-9(16)10-3/h8H,4-6H2,1-3H3,(H,11,13)(H2,10,12,16). The SMILES string of the molecule is CCOC(CC(=O)NNC(=S)NC)OCC. The van der Waals surface area contributed by atoms with Gasteiger partial charge in [-0.3, -0.25) is 15.6 Å². The van der Waals surface area contributed by atoms with Crippen molar-refractivity contribution in [2.75, 3.05) is 20.3 Å². The molecule has 7 heteroatoms. The Kier molecular flexibility index (Phi) is 8.78. The molecule has 0 unspecified atom stereocenters. The fraction of sp³-hybridized carbons (Fsp3) is 0.778. The topological polar surface area (TPSA) is 71.6 Å². The first-order valence-electron chi connectivity index (χ1n) is 5.13. The summed E-state index contributed by atoms with van der Waals surface area (Å²) in [4.78, 5) is 11.4. The average Bonchev–Trinajstić information content (AvgIpc) is 2.26. The molecule has 16 heavy (non-hydrogen) atoms. The second kappa shape index (κ2) is 9.32. The summed E-state index contributed by atoms with van der Waals surface area (Å²) in [6.45, 7) is 4.69. The molecule has 1 amide bonds. The first-order chi connectivity index (χ1) is 7.63. The van der Waals surface area contributed by atoms with Gasteiger partial charge in [-0.1, -0.05) is 0 Å². The van der Waals surface area contributed by atoms with E-state index in [0.717, 1.165) is 0 Å². The minimum Gasteiger partial charge on any atom is -0.364 e. The Hall–Kier alpha value is -0.920. The average molecular weight is 249 g/mol. The first-order valence-corrected chi connectivity index (χ1v) is 5.54. The van der Waals surface area contributed by atoms with E-state index >= 15 is 0 Å². The van der Waals surface area contributed by atoms with Crippen LogP contribution in [0.3, 0.4) is 0 Å². The van der Waals surface area contributed by atoms with Crippen molar-refractivity contribution in [1.82, 2.24) is 16.2 Å². The molecule has 0 saturated carbocycles. The molecule has 0 fully saturated rings. The fourth-order valence-electron chi connectivity index (χ4n) is 0.929. The van der Waals surface area contributed by atoms with Gasteiger partial charge in [-0.05, 0) is 26.1 Å². The molecule has 0 bridgehead atoms. The van der Waals surface area contributed by atoms with Crippen molar-refractivity contribution in [3.8, 4) is 0 Å². The van der Waals surface area contributed by atoms with Gasteiger partial charge in [0.25, 0.3) is 0 Å². The molecule has 3 N–H and O–H groups in total. The van der Waals surface area contributed by atoms with Crippen LogP contribution in [0.5, 0.6) is 0 Å². The first kappa shape index (κ1) is 15.1. The van der Waals surface area contributed by atoms with Crippen LogP contribution in [0, 0.1) is 0 Å². The Morgan fingerprint density at radius 2 is 1.81 bits per heavy atom. The third kappa shape index (κ3) is 7.38. The number of nitrogens with one attached hydrogen (secondary N) is 3. The minimum atomic E-state index is -0.514. The highest BCUT2D eigenvalue weighted by Crippen LogP contribution is 2.00. The van der Waals surface area contributed by atoms with Gasteiger partial charge in [0.15, 0.2) is 11.4 Å². The molecule has 6 nitrogen and oxygen atoms in total. The molecule has 0 aliphatic carbocycles. The van der Waals surface area contributed by atoms with Gasteiger partial charge in [-0.25, -0.2) is 0 Å². The van der Waals surface area contributed by atoms with Crippen molar-refractivity contribution < 1.29 is 14.3 Å². The summed E-state index contributed by atoms with van der Waals surface area (Å²) < 4.78 is 10.5. The number of carbonyl (C=O) groups excluding carboxylic acids is 1. The highest BCUT2D eigenvalue weighted by atomic mass is 32.1. The molecule has 0 heterocycles. The fourth-order valence-corrected chi connectivity index (χ4v) is 0.980. The van der Waals surface area contributed by atoms with Crippen LogP contribution in [0.25, 0.3) is 0 Å². The molecule has 0 rings (SSSR count). The maximum atomic E-state index is 11.4. The molecule has 0 radical (unpaired) electrons. The molecule has 94 valence electrons. The lowest BCUT2D eigenvalue weighted by Gasteiger charge is -2.16. The van der Waals surface area contributed by atoms with E-state index in [1.54, 1.807) is 7.05 Å². The molecular formula is C9H19N3O3S. The van der Waals surface area contributed by atoms with Crippen LogP contribution in [0.2, 0.25) is 0 Å². The van der Waals surface area contributed by atoms with E-state index in [4.69, 9.17) is 21.7 Å². The molecule has 0 aliphatic rings. The monoisotopic (exact) mass is 249 g/mol. The number of thiocarbonyl (C=S) groups is 1. The number of amides is 1. The largest absolute Gasteiger partial charge is 0.364 e. The minimum absolute atomic E-state index is 0.126. The van der Waals surface area contributed by atoms with Gasteiger partial charge in [0.2, 0.25) is 5.91 Å². The van der Waals surface area contributed by atoms with Crippen LogP contribution in [-0.4, -0.2) is 37.6 Å². The van der Waals surface area contributed by atoms with Crippen LogP contribution in [-0.2, 0) is 14.3 Å². The summed E-state index contributed by atoms with van der Waals surface area (Å²) in [5, 5.41) is 3.01. The number of ether oxygens (including phenoxy) is 2. The lowest BCUT2D eigenvalue weighted by atomic mass is 10.4. The Bertz CT molecular complexity index is 220. The summed E-state index contributed by atoms with van der Waals surface area (Å²) in [5.41, 5.74) is 4.96. The van der Waals surface area contributed by atoms with E-state index in [2.05, 4.69) is 16.2 Å². The van der Waals surface area contributed by atoms with Gasteiger partial charge in [0.1, 0.15) is 0 Å². The zero-order valence-electron chi connectivity index (χ0n) is 9.83. The van der Waals surface area contributed by atoms with Crippen molar-refractivity contribution in [2.45, 2.75) is 26.6 Å². The van der Waals surface area contributed by atoms with E-state index in [0.29, 0.717) is 18.3 Å². The predicted molar refractivity (Wildman–Crippen MR) is 64.6 cm³/mol. The summed E-state index contributed by atoms with van der Waals surface area (Å²) in [6.07, 6.45) is -0.388. The highest BCUT2D eigenvalue weighted by Gasteiger charge is 2.13. The number of hydrogen-bond donors (Lipinski definition) is 3. The Balaban J connectivity index is 3.85. The van der Waals surface area contributed by atoms with E-state index in [-0.39, 0.29) is 12.3 Å². The lowest BCUT2D eigenvalue weighted by molar-refractivity contribution is -0.153. The van der Waals surface area contributed by atoms with Gasteiger partial charge >= 0.3 is 0 Å². The second-order valence-electron chi connectivity index (χ2n) is 2.80. The number of carbonyl (C=O) groups is 1. The Morgan fingerprint density at radius 1 is 1.25 bits per heavy atom. The van der Waals surface area contributed by atoms with Crippen LogP contribution < -0.4 is 16.2 Å². The quantitative estimate of drug-likeness (QED) is 0.347. The predicted octanol–water partition coefficient (Wildman–Crippen LogP) is -0.0993. The third-order valence-corrected chi connectivity index (χ3v) is 1.91. The lowest BCUT2D eigenvalue weighted by Crippen LogP contribution is -2.46. The van der Waals surface area contributed by atoms with Crippen LogP contribution in [0.15, 0.2) is 0 Å². The van der Waals surface area contributed by atoms with Crippen molar-refractivity contribution in [3.05, 3.63) is 0 Å². The molecule has 0 saturated heterocycles. The number of rotatable bonds is 6. The van der Waals surface area contributed by atoms with Gasteiger partial charge in [0, 0.05) is 20.3 Å². The number of hydrogen-bond acceptors (Lipinski definition) is 4. The third-order valence-electron chi connectivity index (χ3n) is 1.60. The van der Waals surface area contributed by atoms with Crippen molar-refractivity contribution in [3.63, 3.8) is 0 Å². The number of hydrazine groups is 1. The molecule has 0 aromatic heterocycles.